The summed E-state index contributed by atoms with van der Waals surface area (Å²) < 4.78 is 34.0. The SMILES string of the molecule is COC(=O)c1cncc(Cl)c1CO.Cc1ccc(S(=O)(=O)O)cc1.O. The highest BCUT2D eigenvalue weighted by Gasteiger charge is 2.14. The third kappa shape index (κ3) is 6.77. The number of nitrogens with zero attached hydrogens (tertiary/aromatic N) is 1. The summed E-state index contributed by atoms with van der Waals surface area (Å²) >= 11 is 5.70. The molecule has 4 N–H and O–H groups in total. The summed E-state index contributed by atoms with van der Waals surface area (Å²) in [6, 6.07) is 5.99. The first-order chi connectivity index (χ1) is 11.2. The van der Waals surface area contributed by atoms with Crippen LogP contribution in [-0.2, 0) is 21.5 Å². The smallest absolute Gasteiger partial charge is 0.339 e. The van der Waals surface area contributed by atoms with Crippen LogP contribution in [0.25, 0.3) is 0 Å². The Morgan fingerprint density at radius 2 is 1.80 bits per heavy atom. The minimum absolute atomic E-state index is 0. The van der Waals surface area contributed by atoms with E-state index in [0.29, 0.717) is 5.56 Å². The highest BCUT2D eigenvalue weighted by Crippen LogP contribution is 2.18. The summed E-state index contributed by atoms with van der Waals surface area (Å²) in [5, 5.41) is 9.18. The molecular weight excluding hydrogens is 374 g/mol. The number of hydrogen-bond donors (Lipinski definition) is 2. The zero-order chi connectivity index (χ0) is 18.3. The van der Waals surface area contributed by atoms with Crippen molar-refractivity contribution in [3.8, 4) is 0 Å². The third-order valence-corrected chi connectivity index (χ3v) is 4.08. The van der Waals surface area contributed by atoms with Gasteiger partial charge in [0.15, 0.2) is 0 Å². The van der Waals surface area contributed by atoms with Gasteiger partial charge in [-0.05, 0) is 19.1 Å². The number of methoxy groups -OCH3 is 1. The van der Waals surface area contributed by atoms with E-state index in [1.807, 2.05) is 6.92 Å². The van der Waals surface area contributed by atoms with E-state index < -0.39 is 16.1 Å². The van der Waals surface area contributed by atoms with Gasteiger partial charge < -0.3 is 15.3 Å². The topological polar surface area (TPSA) is 145 Å². The molecule has 0 saturated carbocycles. The molecule has 0 bridgehead atoms. The van der Waals surface area contributed by atoms with Crippen LogP contribution >= 0.6 is 11.6 Å². The van der Waals surface area contributed by atoms with Crippen LogP contribution in [0.5, 0.6) is 0 Å². The Labute approximate surface area is 150 Å². The third-order valence-electron chi connectivity index (χ3n) is 2.89. The summed E-state index contributed by atoms with van der Waals surface area (Å²) in [6.07, 6.45) is 2.67. The molecule has 0 fully saturated rings. The second kappa shape index (κ2) is 10.1. The highest BCUT2D eigenvalue weighted by molar-refractivity contribution is 7.85. The number of hydrogen-bond acceptors (Lipinski definition) is 6. The Balaban J connectivity index is 0.000000449. The molecule has 1 aromatic carbocycles. The van der Waals surface area contributed by atoms with Gasteiger partial charge in [0.25, 0.3) is 10.1 Å². The number of aliphatic hydroxyl groups excluding tert-OH is 1. The normalized spacial score (nSPS) is 10.1. The first-order valence-electron chi connectivity index (χ1n) is 6.56. The van der Waals surface area contributed by atoms with Gasteiger partial charge in [0.1, 0.15) is 0 Å². The molecular formula is C15H18ClNO7S. The Morgan fingerprint density at radius 3 is 2.24 bits per heavy atom. The van der Waals surface area contributed by atoms with Crippen LogP contribution in [0, 0.1) is 6.92 Å². The molecule has 1 aromatic heterocycles. The highest BCUT2D eigenvalue weighted by atomic mass is 35.5. The van der Waals surface area contributed by atoms with Gasteiger partial charge in [-0.15, -0.1) is 0 Å². The fourth-order valence-corrected chi connectivity index (χ4v) is 2.32. The predicted octanol–water partition coefficient (Wildman–Crippen LogP) is 1.43. The largest absolute Gasteiger partial charge is 0.465 e. The van der Waals surface area contributed by atoms with Gasteiger partial charge in [-0.3, -0.25) is 9.54 Å². The lowest BCUT2D eigenvalue weighted by atomic mass is 10.1. The molecule has 0 aliphatic carbocycles. The maximum Gasteiger partial charge on any atom is 0.339 e. The van der Waals surface area contributed by atoms with Crippen molar-refractivity contribution >= 4 is 27.7 Å². The molecule has 10 heteroatoms. The van der Waals surface area contributed by atoms with Gasteiger partial charge in [0.2, 0.25) is 0 Å². The van der Waals surface area contributed by atoms with Crippen molar-refractivity contribution < 1.29 is 33.1 Å². The van der Waals surface area contributed by atoms with Crippen molar-refractivity contribution in [3.05, 3.63) is 58.4 Å². The molecule has 1 heterocycles. The van der Waals surface area contributed by atoms with Gasteiger partial charge in [-0.1, -0.05) is 29.3 Å². The molecule has 0 unspecified atom stereocenters. The molecule has 2 aromatic rings. The molecule has 0 atom stereocenters. The number of halogens is 1. The van der Waals surface area contributed by atoms with E-state index in [1.165, 1.54) is 31.6 Å². The molecule has 2 rings (SSSR count). The van der Waals surface area contributed by atoms with Crippen molar-refractivity contribution in [3.63, 3.8) is 0 Å². The average Bonchev–Trinajstić information content (AvgIpc) is 2.54. The van der Waals surface area contributed by atoms with Gasteiger partial charge in [-0.25, -0.2) is 4.79 Å². The maximum absolute atomic E-state index is 11.1. The number of benzene rings is 1. The van der Waals surface area contributed by atoms with Crippen molar-refractivity contribution in [1.29, 1.82) is 0 Å². The van der Waals surface area contributed by atoms with Crippen LogP contribution in [-0.4, -0.2) is 41.6 Å². The van der Waals surface area contributed by atoms with E-state index in [1.54, 1.807) is 12.1 Å². The number of pyridine rings is 1. The second-order valence-corrected chi connectivity index (χ2v) is 6.41. The molecule has 0 aliphatic rings. The van der Waals surface area contributed by atoms with Crippen molar-refractivity contribution in [1.82, 2.24) is 4.98 Å². The van der Waals surface area contributed by atoms with Crippen molar-refractivity contribution in [2.24, 2.45) is 0 Å². The minimum atomic E-state index is -4.02. The van der Waals surface area contributed by atoms with Crippen LogP contribution in [0.2, 0.25) is 5.02 Å². The quantitative estimate of drug-likeness (QED) is 0.594. The lowest BCUT2D eigenvalue weighted by Gasteiger charge is -2.05. The number of carbonyl (C=O) groups excluding carboxylic acids is 1. The standard InChI is InChI=1S/C8H8ClNO3.C7H8O3S.H2O/c1-13-8(12)5-2-10-3-7(9)6(5)4-11;1-6-2-4-7(5-3-6)11(8,9)10;/h2-3,11H,4H2,1H3;2-5H,1H3,(H,8,9,10);1H2. The van der Waals surface area contributed by atoms with Crippen LogP contribution in [0.3, 0.4) is 0 Å². The summed E-state index contributed by atoms with van der Waals surface area (Å²) in [6.45, 7) is 1.53. The van der Waals surface area contributed by atoms with Gasteiger partial charge >= 0.3 is 5.97 Å². The van der Waals surface area contributed by atoms with Crippen LogP contribution in [0.15, 0.2) is 41.6 Å². The number of aliphatic hydroxyl groups is 1. The fourth-order valence-electron chi connectivity index (χ4n) is 1.62. The Hall–Kier alpha value is -2.04. The van der Waals surface area contributed by atoms with Crippen LogP contribution in [0.4, 0.5) is 0 Å². The van der Waals surface area contributed by atoms with E-state index >= 15 is 0 Å². The molecule has 0 spiro atoms. The monoisotopic (exact) mass is 391 g/mol. The van der Waals surface area contributed by atoms with E-state index in [2.05, 4.69) is 9.72 Å². The minimum Gasteiger partial charge on any atom is -0.465 e. The summed E-state index contributed by atoms with van der Waals surface area (Å²) in [5.74, 6) is -0.556. The second-order valence-electron chi connectivity index (χ2n) is 4.59. The van der Waals surface area contributed by atoms with E-state index in [9.17, 15) is 13.2 Å². The van der Waals surface area contributed by atoms with Gasteiger partial charge in [-0.2, -0.15) is 8.42 Å². The molecule has 25 heavy (non-hydrogen) atoms. The molecule has 0 aliphatic heterocycles. The Morgan fingerprint density at radius 1 is 1.24 bits per heavy atom. The van der Waals surface area contributed by atoms with Gasteiger partial charge in [0, 0.05) is 18.0 Å². The zero-order valence-electron chi connectivity index (χ0n) is 13.4. The average molecular weight is 392 g/mol. The molecule has 8 nitrogen and oxygen atoms in total. The summed E-state index contributed by atoms with van der Waals surface area (Å²) in [4.78, 5) is 14.8. The van der Waals surface area contributed by atoms with E-state index in [0.717, 1.165) is 5.56 Å². The first kappa shape index (κ1) is 23.0. The Bertz CT molecular complexity index is 807. The summed E-state index contributed by atoms with van der Waals surface area (Å²) in [7, 11) is -2.77. The molecule has 0 saturated heterocycles. The van der Waals surface area contributed by atoms with E-state index in [4.69, 9.17) is 21.3 Å². The number of aryl methyl sites for hydroxylation is 1. The predicted molar refractivity (Wildman–Crippen MR) is 91.1 cm³/mol. The Kier molecular flexibility index (Phi) is 9.24. The van der Waals surface area contributed by atoms with Crippen LogP contribution < -0.4 is 0 Å². The van der Waals surface area contributed by atoms with Crippen LogP contribution in [0.1, 0.15) is 21.5 Å². The molecule has 138 valence electrons. The molecule has 0 amide bonds. The number of carbonyl (C=O) groups is 1. The van der Waals surface area contributed by atoms with Gasteiger partial charge in [0.05, 0.1) is 29.2 Å². The first-order valence-corrected chi connectivity index (χ1v) is 8.38. The lowest BCUT2D eigenvalue weighted by Crippen LogP contribution is -2.06. The number of rotatable bonds is 3. The fraction of sp³-hybridized carbons (Fsp3) is 0.200. The summed E-state index contributed by atoms with van der Waals surface area (Å²) in [5.41, 5.74) is 1.48. The molecule has 0 radical (unpaired) electrons. The lowest BCUT2D eigenvalue weighted by molar-refractivity contribution is 0.0596. The number of esters is 1. The van der Waals surface area contributed by atoms with Crippen molar-refractivity contribution in [2.75, 3.05) is 7.11 Å². The maximum atomic E-state index is 11.1. The zero-order valence-corrected chi connectivity index (χ0v) is 15.0. The number of ether oxygens (including phenoxy) is 1. The number of aromatic nitrogens is 1. The van der Waals surface area contributed by atoms with E-state index in [-0.39, 0.29) is 27.6 Å². The van der Waals surface area contributed by atoms with Crippen molar-refractivity contribution in [2.45, 2.75) is 18.4 Å².